The molecule has 1 aliphatic carbocycles. The first kappa shape index (κ1) is 14.7. The predicted molar refractivity (Wildman–Crippen MR) is 71.5 cm³/mol. The van der Waals surface area contributed by atoms with Crippen LogP contribution >= 0.6 is 12.4 Å². The van der Waals surface area contributed by atoms with Gasteiger partial charge < -0.3 is 10.6 Å². The van der Waals surface area contributed by atoms with Crippen LogP contribution in [0.1, 0.15) is 25.7 Å². The van der Waals surface area contributed by atoms with E-state index < -0.39 is 0 Å². The predicted octanol–water partition coefficient (Wildman–Crippen LogP) is 0.618. The molecule has 2 rings (SSSR count). The summed E-state index contributed by atoms with van der Waals surface area (Å²) in [5, 5.41) is 6.32. The number of hydrogen-bond donors (Lipinski definition) is 2. The molecule has 1 saturated carbocycles. The average Bonchev–Trinajstić information content (AvgIpc) is 3.10. The van der Waals surface area contributed by atoms with Crippen LogP contribution in [0.15, 0.2) is 0 Å². The number of piperidine rings is 1. The highest BCUT2D eigenvalue weighted by atomic mass is 35.5. The number of likely N-dealkylation sites (N-methyl/N-ethyl adjacent to an activating group) is 1. The third kappa shape index (κ3) is 5.23. The van der Waals surface area contributed by atoms with E-state index in [1.807, 2.05) is 7.05 Å². The molecular weight excluding hydrogens is 238 g/mol. The molecule has 17 heavy (non-hydrogen) atoms. The first-order chi connectivity index (χ1) is 7.78. The Morgan fingerprint density at radius 1 is 1.35 bits per heavy atom. The summed E-state index contributed by atoms with van der Waals surface area (Å²) in [5.74, 6) is 0.971. The van der Waals surface area contributed by atoms with E-state index in [1.54, 1.807) is 0 Å². The maximum absolute atomic E-state index is 11.7. The Morgan fingerprint density at radius 2 is 2.12 bits per heavy atom. The Balaban J connectivity index is 0.00000144. The lowest BCUT2D eigenvalue weighted by Gasteiger charge is -2.31. The second-order valence-electron chi connectivity index (χ2n) is 5.11. The number of rotatable bonds is 5. The van der Waals surface area contributed by atoms with E-state index in [4.69, 9.17) is 0 Å². The van der Waals surface area contributed by atoms with Gasteiger partial charge >= 0.3 is 0 Å². The van der Waals surface area contributed by atoms with Crippen LogP contribution in [0.2, 0.25) is 0 Å². The monoisotopic (exact) mass is 261 g/mol. The fourth-order valence-electron chi connectivity index (χ4n) is 2.27. The van der Waals surface area contributed by atoms with Crippen molar-refractivity contribution in [3.63, 3.8) is 0 Å². The lowest BCUT2D eigenvalue weighted by molar-refractivity contribution is -0.122. The number of halogens is 1. The van der Waals surface area contributed by atoms with Gasteiger partial charge in [0.25, 0.3) is 0 Å². The highest BCUT2D eigenvalue weighted by molar-refractivity contribution is 5.85. The van der Waals surface area contributed by atoms with Crippen molar-refractivity contribution >= 4 is 18.3 Å². The number of nitrogens with one attached hydrogen (secondary N) is 2. The van der Waals surface area contributed by atoms with Crippen LogP contribution in [-0.2, 0) is 4.79 Å². The minimum Gasteiger partial charge on any atom is -0.355 e. The van der Waals surface area contributed by atoms with E-state index in [0.29, 0.717) is 12.6 Å². The third-order valence-electron chi connectivity index (χ3n) is 3.57. The van der Waals surface area contributed by atoms with Crippen LogP contribution in [0.4, 0.5) is 0 Å². The second-order valence-corrected chi connectivity index (χ2v) is 5.11. The molecule has 0 aromatic heterocycles. The number of carbonyl (C=O) groups is 1. The minimum absolute atomic E-state index is 0. The number of carbonyl (C=O) groups excluding carboxylic acids is 1. The van der Waals surface area contributed by atoms with Crippen LogP contribution in [-0.4, -0.2) is 50.1 Å². The van der Waals surface area contributed by atoms with Gasteiger partial charge in [-0.3, -0.25) is 9.69 Å². The van der Waals surface area contributed by atoms with Crippen molar-refractivity contribution in [3.8, 4) is 0 Å². The quantitative estimate of drug-likeness (QED) is 0.763. The molecule has 1 unspecified atom stereocenters. The zero-order chi connectivity index (χ0) is 11.4. The molecule has 0 spiro atoms. The van der Waals surface area contributed by atoms with Gasteiger partial charge in [-0.05, 0) is 45.2 Å². The maximum Gasteiger partial charge on any atom is 0.234 e. The molecule has 2 fully saturated rings. The van der Waals surface area contributed by atoms with Gasteiger partial charge in [-0.2, -0.15) is 0 Å². The average molecular weight is 262 g/mol. The number of likely N-dealkylation sites (tertiary alicyclic amines) is 1. The molecule has 1 atom stereocenters. The largest absolute Gasteiger partial charge is 0.355 e. The summed E-state index contributed by atoms with van der Waals surface area (Å²) in [6.07, 6.45) is 5.02. The van der Waals surface area contributed by atoms with Crippen molar-refractivity contribution in [1.82, 2.24) is 15.5 Å². The van der Waals surface area contributed by atoms with Crippen molar-refractivity contribution in [3.05, 3.63) is 0 Å². The van der Waals surface area contributed by atoms with E-state index in [9.17, 15) is 4.79 Å². The van der Waals surface area contributed by atoms with Gasteiger partial charge in [0, 0.05) is 19.1 Å². The van der Waals surface area contributed by atoms with E-state index in [-0.39, 0.29) is 18.3 Å². The minimum atomic E-state index is 0. The van der Waals surface area contributed by atoms with Crippen molar-refractivity contribution in [2.24, 2.45) is 5.92 Å². The van der Waals surface area contributed by atoms with Gasteiger partial charge in [0.2, 0.25) is 5.91 Å². The summed E-state index contributed by atoms with van der Waals surface area (Å²) in [6.45, 7) is 3.54. The normalized spacial score (nSPS) is 25.1. The molecule has 100 valence electrons. The van der Waals surface area contributed by atoms with Crippen molar-refractivity contribution in [1.29, 1.82) is 0 Å². The molecule has 0 aromatic carbocycles. The van der Waals surface area contributed by atoms with Crippen molar-refractivity contribution in [2.75, 3.05) is 33.2 Å². The molecule has 0 aromatic rings. The summed E-state index contributed by atoms with van der Waals surface area (Å²) in [4.78, 5) is 13.9. The van der Waals surface area contributed by atoms with E-state index in [1.165, 1.54) is 25.7 Å². The first-order valence-corrected chi connectivity index (χ1v) is 6.44. The molecule has 0 radical (unpaired) electrons. The highest BCUT2D eigenvalue weighted by Gasteiger charge is 2.23. The van der Waals surface area contributed by atoms with Gasteiger partial charge in [0.15, 0.2) is 0 Å². The first-order valence-electron chi connectivity index (χ1n) is 6.44. The topological polar surface area (TPSA) is 44.4 Å². The molecule has 0 bridgehead atoms. The SMILES string of the molecule is CNC1CCCN(CC(=O)NCC2CC2)C1.Cl. The van der Waals surface area contributed by atoms with Crippen LogP contribution in [0.3, 0.4) is 0 Å². The number of hydrogen-bond acceptors (Lipinski definition) is 3. The Bertz CT molecular complexity index is 246. The van der Waals surface area contributed by atoms with Gasteiger partial charge in [-0.25, -0.2) is 0 Å². The number of amides is 1. The zero-order valence-electron chi connectivity index (χ0n) is 10.6. The van der Waals surface area contributed by atoms with Gasteiger partial charge in [0.05, 0.1) is 6.54 Å². The molecule has 1 heterocycles. The molecule has 2 N–H and O–H groups in total. The maximum atomic E-state index is 11.7. The Kier molecular flexibility index (Phi) is 6.23. The molecule has 4 nitrogen and oxygen atoms in total. The second kappa shape index (κ2) is 7.19. The Morgan fingerprint density at radius 3 is 2.76 bits per heavy atom. The van der Waals surface area contributed by atoms with Gasteiger partial charge in [0.1, 0.15) is 0 Å². The summed E-state index contributed by atoms with van der Waals surface area (Å²) >= 11 is 0. The van der Waals surface area contributed by atoms with Crippen LogP contribution in [0, 0.1) is 5.92 Å². The van der Waals surface area contributed by atoms with Crippen LogP contribution < -0.4 is 10.6 Å². The smallest absolute Gasteiger partial charge is 0.234 e. The molecular formula is C12H24ClN3O. The summed E-state index contributed by atoms with van der Waals surface area (Å²) < 4.78 is 0. The summed E-state index contributed by atoms with van der Waals surface area (Å²) in [5.41, 5.74) is 0. The van der Waals surface area contributed by atoms with Crippen molar-refractivity contribution < 1.29 is 4.79 Å². The lowest BCUT2D eigenvalue weighted by Crippen LogP contribution is -2.48. The molecule has 1 amide bonds. The molecule has 1 saturated heterocycles. The van der Waals surface area contributed by atoms with E-state index >= 15 is 0 Å². The lowest BCUT2D eigenvalue weighted by atomic mass is 10.1. The standard InChI is InChI=1S/C12H23N3O.ClH/c1-13-11-3-2-6-15(8-11)9-12(16)14-7-10-4-5-10;/h10-11,13H,2-9H2,1H3,(H,14,16);1H. The van der Waals surface area contributed by atoms with Crippen molar-refractivity contribution in [2.45, 2.75) is 31.7 Å². The van der Waals surface area contributed by atoms with Gasteiger partial charge in [-0.15, -0.1) is 12.4 Å². The van der Waals surface area contributed by atoms with Crippen LogP contribution in [0.5, 0.6) is 0 Å². The Labute approximate surface area is 110 Å². The molecule has 2 aliphatic rings. The fourth-order valence-corrected chi connectivity index (χ4v) is 2.27. The van der Waals surface area contributed by atoms with E-state index in [2.05, 4.69) is 15.5 Å². The van der Waals surface area contributed by atoms with Gasteiger partial charge in [-0.1, -0.05) is 0 Å². The Hall–Kier alpha value is -0.320. The zero-order valence-corrected chi connectivity index (χ0v) is 11.4. The fraction of sp³-hybridized carbons (Fsp3) is 0.917. The third-order valence-corrected chi connectivity index (χ3v) is 3.57. The van der Waals surface area contributed by atoms with Crippen LogP contribution in [0.25, 0.3) is 0 Å². The summed E-state index contributed by atoms with van der Waals surface area (Å²) in [7, 11) is 2.00. The molecule has 5 heteroatoms. The highest BCUT2D eigenvalue weighted by Crippen LogP contribution is 2.27. The molecule has 1 aliphatic heterocycles. The number of nitrogens with zero attached hydrogens (tertiary/aromatic N) is 1. The summed E-state index contributed by atoms with van der Waals surface area (Å²) in [6, 6.07) is 0.560. The van der Waals surface area contributed by atoms with E-state index in [0.717, 1.165) is 25.6 Å².